The number of aryl methyl sites for hydroxylation is 2. The highest BCUT2D eigenvalue weighted by Crippen LogP contribution is 2.11. The van der Waals surface area contributed by atoms with Gasteiger partial charge in [-0.25, -0.2) is 0 Å². The third-order valence-electron chi connectivity index (χ3n) is 3.01. The molecule has 3 nitrogen and oxygen atoms in total. The highest BCUT2D eigenvalue weighted by molar-refractivity contribution is 4.99. The molecular weight excluding hydrogens is 198 g/mol. The summed E-state index contributed by atoms with van der Waals surface area (Å²) in [5.41, 5.74) is 1.34. The quantitative estimate of drug-likeness (QED) is 0.769. The van der Waals surface area contributed by atoms with E-state index in [2.05, 4.69) is 37.3 Å². The molecule has 0 aliphatic rings. The minimum atomic E-state index is 0.601. The second kappa shape index (κ2) is 6.69. The van der Waals surface area contributed by atoms with Crippen LogP contribution in [0.5, 0.6) is 0 Å². The predicted molar refractivity (Wildman–Crippen MR) is 68.4 cm³/mol. The third-order valence-corrected chi connectivity index (χ3v) is 3.01. The molecule has 92 valence electrons. The summed E-state index contributed by atoms with van der Waals surface area (Å²) in [5.74, 6) is 0.779. The molecule has 3 heteroatoms. The van der Waals surface area contributed by atoms with Crippen molar-refractivity contribution < 1.29 is 0 Å². The molecule has 1 aromatic rings. The topological polar surface area (TPSA) is 29.9 Å². The molecule has 0 aliphatic heterocycles. The van der Waals surface area contributed by atoms with Crippen molar-refractivity contribution in [2.75, 3.05) is 6.54 Å². The molecule has 0 aliphatic carbocycles. The van der Waals surface area contributed by atoms with Crippen LogP contribution in [-0.2, 0) is 13.5 Å². The van der Waals surface area contributed by atoms with Crippen LogP contribution in [0, 0.1) is 5.92 Å². The molecule has 0 spiro atoms. The Hall–Kier alpha value is -0.830. The van der Waals surface area contributed by atoms with Gasteiger partial charge in [0.05, 0.1) is 0 Å². The van der Waals surface area contributed by atoms with Crippen molar-refractivity contribution in [1.29, 1.82) is 0 Å². The molecule has 0 bridgehead atoms. The normalized spacial score (nSPS) is 13.3. The lowest BCUT2D eigenvalue weighted by molar-refractivity contribution is 0.449. The van der Waals surface area contributed by atoms with Crippen molar-refractivity contribution in [2.45, 2.75) is 46.1 Å². The first-order valence-electron chi connectivity index (χ1n) is 6.30. The Kier molecular flexibility index (Phi) is 5.53. The van der Waals surface area contributed by atoms with Crippen LogP contribution in [0.1, 0.15) is 39.3 Å². The predicted octanol–water partition coefficient (Wildman–Crippen LogP) is 2.38. The first-order valence-corrected chi connectivity index (χ1v) is 6.30. The van der Waals surface area contributed by atoms with Crippen LogP contribution in [0.4, 0.5) is 0 Å². The average Bonchev–Trinajstić information content (AvgIpc) is 2.60. The van der Waals surface area contributed by atoms with E-state index in [1.807, 2.05) is 17.9 Å². The Balaban J connectivity index is 2.15. The third kappa shape index (κ3) is 4.79. The van der Waals surface area contributed by atoms with Crippen LogP contribution < -0.4 is 5.32 Å². The van der Waals surface area contributed by atoms with Crippen molar-refractivity contribution in [2.24, 2.45) is 13.0 Å². The Bertz CT molecular complexity index is 291. The molecule has 16 heavy (non-hydrogen) atoms. The molecule has 1 unspecified atom stereocenters. The highest BCUT2D eigenvalue weighted by atomic mass is 15.2. The summed E-state index contributed by atoms with van der Waals surface area (Å²) in [6, 6.07) is 2.71. The number of nitrogens with one attached hydrogen (secondary N) is 1. The van der Waals surface area contributed by atoms with E-state index in [1.165, 1.54) is 18.5 Å². The molecule has 0 aromatic carbocycles. The van der Waals surface area contributed by atoms with Crippen LogP contribution in [0.25, 0.3) is 0 Å². The van der Waals surface area contributed by atoms with Gasteiger partial charge in [-0.1, -0.05) is 20.8 Å². The van der Waals surface area contributed by atoms with Crippen LogP contribution >= 0.6 is 0 Å². The summed E-state index contributed by atoms with van der Waals surface area (Å²) < 4.78 is 1.97. The SMILES string of the molecule is CC(CCNC(C)C)CCc1ccnn1C. The Labute approximate surface area is 99.2 Å². The van der Waals surface area contributed by atoms with Crippen molar-refractivity contribution in [3.8, 4) is 0 Å². The molecule has 1 N–H and O–H groups in total. The molecule has 0 radical (unpaired) electrons. The Morgan fingerprint density at radius 2 is 2.06 bits per heavy atom. The molecular formula is C13H25N3. The molecule has 1 atom stereocenters. The smallest absolute Gasteiger partial charge is 0.0492 e. The van der Waals surface area contributed by atoms with Gasteiger partial charge >= 0.3 is 0 Å². The minimum absolute atomic E-state index is 0.601. The summed E-state index contributed by atoms with van der Waals surface area (Å²) in [6.07, 6.45) is 5.52. The van der Waals surface area contributed by atoms with Crippen LogP contribution in [0.3, 0.4) is 0 Å². The second-order valence-electron chi connectivity index (χ2n) is 4.99. The highest BCUT2D eigenvalue weighted by Gasteiger charge is 2.05. The summed E-state index contributed by atoms with van der Waals surface area (Å²) in [4.78, 5) is 0. The van der Waals surface area contributed by atoms with Gasteiger partial charge in [0.1, 0.15) is 0 Å². The maximum absolute atomic E-state index is 4.18. The van der Waals surface area contributed by atoms with Gasteiger partial charge in [0.25, 0.3) is 0 Å². The van der Waals surface area contributed by atoms with E-state index in [0.717, 1.165) is 18.9 Å². The first kappa shape index (κ1) is 13.2. The molecule has 1 rings (SSSR count). The van der Waals surface area contributed by atoms with Gasteiger partial charge in [-0.15, -0.1) is 0 Å². The zero-order chi connectivity index (χ0) is 12.0. The van der Waals surface area contributed by atoms with Gasteiger partial charge in [-0.05, 0) is 37.8 Å². The standard InChI is InChI=1S/C13H25N3/c1-11(2)14-9-7-12(3)5-6-13-8-10-15-16(13)4/h8,10-12,14H,5-7,9H2,1-4H3. The number of hydrogen-bond acceptors (Lipinski definition) is 2. The van der Waals surface area contributed by atoms with Crippen LogP contribution in [-0.4, -0.2) is 22.4 Å². The van der Waals surface area contributed by atoms with Gasteiger partial charge in [-0.3, -0.25) is 4.68 Å². The molecule has 0 amide bonds. The van der Waals surface area contributed by atoms with E-state index in [-0.39, 0.29) is 0 Å². The number of aromatic nitrogens is 2. The number of rotatable bonds is 7. The maximum atomic E-state index is 4.18. The molecule has 0 saturated carbocycles. The molecule has 0 fully saturated rings. The van der Waals surface area contributed by atoms with Crippen molar-refractivity contribution >= 4 is 0 Å². The van der Waals surface area contributed by atoms with Gasteiger partial charge in [0.15, 0.2) is 0 Å². The van der Waals surface area contributed by atoms with E-state index >= 15 is 0 Å². The average molecular weight is 223 g/mol. The second-order valence-corrected chi connectivity index (χ2v) is 4.99. The zero-order valence-electron chi connectivity index (χ0n) is 11.0. The summed E-state index contributed by atoms with van der Waals surface area (Å²) in [5, 5.41) is 7.65. The van der Waals surface area contributed by atoms with Gasteiger partial charge < -0.3 is 5.32 Å². The van der Waals surface area contributed by atoms with E-state index in [9.17, 15) is 0 Å². The Morgan fingerprint density at radius 1 is 1.31 bits per heavy atom. The van der Waals surface area contributed by atoms with Crippen LogP contribution in [0.15, 0.2) is 12.3 Å². The molecule has 1 aromatic heterocycles. The molecule has 1 heterocycles. The van der Waals surface area contributed by atoms with Gasteiger partial charge in [0, 0.05) is 25.0 Å². The lowest BCUT2D eigenvalue weighted by atomic mass is 10.0. The summed E-state index contributed by atoms with van der Waals surface area (Å²) >= 11 is 0. The maximum Gasteiger partial charge on any atom is 0.0492 e. The van der Waals surface area contributed by atoms with Crippen molar-refractivity contribution in [3.05, 3.63) is 18.0 Å². The van der Waals surface area contributed by atoms with E-state index < -0.39 is 0 Å². The fourth-order valence-electron chi connectivity index (χ4n) is 1.80. The van der Waals surface area contributed by atoms with E-state index in [4.69, 9.17) is 0 Å². The van der Waals surface area contributed by atoms with Gasteiger partial charge in [-0.2, -0.15) is 5.10 Å². The van der Waals surface area contributed by atoms with Crippen molar-refractivity contribution in [3.63, 3.8) is 0 Å². The van der Waals surface area contributed by atoms with E-state index in [0.29, 0.717) is 6.04 Å². The summed E-state index contributed by atoms with van der Waals surface area (Å²) in [7, 11) is 2.01. The number of nitrogens with zero attached hydrogens (tertiary/aromatic N) is 2. The van der Waals surface area contributed by atoms with Crippen molar-refractivity contribution in [1.82, 2.24) is 15.1 Å². The monoisotopic (exact) mass is 223 g/mol. The largest absolute Gasteiger partial charge is 0.315 e. The number of hydrogen-bond donors (Lipinski definition) is 1. The fourth-order valence-corrected chi connectivity index (χ4v) is 1.80. The lowest BCUT2D eigenvalue weighted by Crippen LogP contribution is -2.25. The minimum Gasteiger partial charge on any atom is -0.315 e. The fraction of sp³-hybridized carbons (Fsp3) is 0.769. The zero-order valence-corrected chi connectivity index (χ0v) is 11.0. The molecule has 0 saturated heterocycles. The first-order chi connectivity index (χ1) is 7.59. The summed E-state index contributed by atoms with van der Waals surface area (Å²) in [6.45, 7) is 7.85. The van der Waals surface area contributed by atoms with Gasteiger partial charge in [0.2, 0.25) is 0 Å². The van der Waals surface area contributed by atoms with Crippen LogP contribution in [0.2, 0.25) is 0 Å². The lowest BCUT2D eigenvalue weighted by Gasteiger charge is -2.13. The van der Waals surface area contributed by atoms with E-state index in [1.54, 1.807) is 0 Å². The Morgan fingerprint density at radius 3 is 2.62 bits per heavy atom.